The van der Waals surface area contributed by atoms with Gasteiger partial charge in [0.2, 0.25) is 6.41 Å². The molecule has 1 unspecified atom stereocenters. The molecule has 3 heterocycles. The van der Waals surface area contributed by atoms with Crippen molar-refractivity contribution in [2.24, 2.45) is 5.16 Å². The van der Waals surface area contributed by atoms with Crippen LogP contribution in [-0.2, 0) is 33.5 Å². The van der Waals surface area contributed by atoms with Gasteiger partial charge < -0.3 is 24.9 Å². The van der Waals surface area contributed by atoms with E-state index >= 15 is 0 Å². The summed E-state index contributed by atoms with van der Waals surface area (Å²) >= 11 is 2.49. The summed E-state index contributed by atoms with van der Waals surface area (Å²) in [6.45, 7) is 5.38. The highest BCUT2D eigenvalue weighted by Gasteiger charge is 2.55. The molecule has 0 aliphatic carbocycles. The third-order valence-electron chi connectivity index (χ3n) is 4.57. The number of nitrogens with zero attached hydrogens (tertiary/aromatic N) is 3. The number of esters is 1. The molecule has 0 bridgehead atoms. The Morgan fingerprint density at radius 1 is 1.35 bits per heavy atom. The van der Waals surface area contributed by atoms with Crippen LogP contribution in [0.4, 0.5) is 5.13 Å². The van der Waals surface area contributed by atoms with Gasteiger partial charge in [-0.15, -0.1) is 23.1 Å². The minimum Gasteiger partial charge on any atom is -0.455 e. The van der Waals surface area contributed by atoms with Gasteiger partial charge in [-0.05, 0) is 26.3 Å². The van der Waals surface area contributed by atoms with Crippen molar-refractivity contribution in [3.63, 3.8) is 0 Å². The molecule has 0 spiro atoms. The van der Waals surface area contributed by atoms with Crippen molar-refractivity contribution >= 4 is 58.1 Å². The van der Waals surface area contributed by atoms with E-state index in [1.165, 1.54) is 36.3 Å². The molecule has 3 amide bonds. The molecule has 1 aromatic heterocycles. The van der Waals surface area contributed by atoms with Crippen LogP contribution in [0, 0.1) is 0 Å². The topological polar surface area (TPSA) is 149 Å². The van der Waals surface area contributed by atoms with E-state index in [-0.39, 0.29) is 28.8 Å². The number of thiazole rings is 1. The minimum atomic E-state index is -0.896. The summed E-state index contributed by atoms with van der Waals surface area (Å²) in [6.07, 6.45) is 0.464. The molecule has 2 N–H and O–H groups in total. The standard InChI is InChI=1S/C20H25N5O7S2/c1-20(2,3)32-18(29)14-10(6-30-4)7-33-17-13(16(28)25(14)17)23-15(27)12(24-31-5)11-8-34-19(22-11)21-9-26/h8-9,13,17H,6-7H2,1-5H3,(H,23,27)(H,21,22,26)/t13?,17-/m0/s1. The van der Waals surface area contributed by atoms with Crippen molar-refractivity contribution in [2.45, 2.75) is 37.8 Å². The number of carbonyl (C=O) groups is 4. The smallest absolute Gasteiger partial charge is 0.355 e. The summed E-state index contributed by atoms with van der Waals surface area (Å²) in [5.41, 5.74) is 0.0416. The van der Waals surface area contributed by atoms with Crippen molar-refractivity contribution in [2.75, 3.05) is 31.9 Å². The lowest BCUT2D eigenvalue weighted by molar-refractivity contribution is -0.158. The molecule has 14 heteroatoms. The van der Waals surface area contributed by atoms with Crippen LogP contribution in [0.3, 0.4) is 0 Å². The average Bonchev–Trinajstić information content (AvgIpc) is 3.22. The summed E-state index contributed by atoms with van der Waals surface area (Å²) in [6, 6.07) is -0.896. The molecule has 1 fully saturated rings. The van der Waals surface area contributed by atoms with E-state index in [2.05, 4.69) is 20.8 Å². The summed E-state index contributed by atoms with van der Waals surface area (Å²) in [5.74, 6) is -1.34. The number of amides is 3. The Morgan fingerprint density at radius 2 is 2.09 bits per heavy atom. The molecule has 0 saturated carbocycles. The highest BCUT2D eigenvalue weighted by molar-refractivity contribution is 8.00. The van der Waals surface area contributed by atoms with Crippen molar-refractivity contribution < 1.29 is 33.5 Å². The fraction of sp³-hybridized carbons (Fsp3) is 0.500. The highest BCUT2D eigenvalue weighted by Crippen LogP contribution is 2.41. The Kier molecular flexibility index (Phi) is 7.94. The van der Waals surface area contributed by atoms with Gasteiger partial charge in [0.15, 0.2) is 10.8 Å². The molecule has 12 nitrogen and oxygen atoms in total. The zero-order valence-corrected chi connectivity index (χ0v) is 20.9. The number of aromatic nitrogens is 1. The van der Waals surface area contributed by atoms with Crippen LogP contribution in [0.25, 0.3) is 0 Å². The zero-order chi connectivity index (χ0) is 25.0. The number of β-lactam (4-membered cyclic amide) rings is 1. The number of ether oxygens (including phenoxy) is 2. The Hall–Kier alpha value is -2.97. The first kappa shape index (κ1) is 25.6. The fourth-order valence-corrected chi connectivity index (χ4v) is 5.27. The Labute approximate surface area is 204 Å². The lowest BCUT2D eigenvalue weighted by Crippen LogP contribution is -2.71. The van der Waals surface area contributed by atoms with Gasteiger partial charge in [-0.25, -0.2) is 9.78 Å². The number of thioether (sulfide) groups is 1. The van der Waals surface area contributed by atoms with E-state index in [0.29, 0.717) is 17.7 Å². The predicted octanol–water partition coefficient (Wildman–Crippen LogP) is 0.704. The Balaban J connectivity index is 1.80. The van der Waals surface area contributed by atoms with Crippen molar-refractivity contribution in [3.05, 3.63) is 22.3 Å². The van der Waals surface area contributed by atoms with Gasteiger partial charge in [-0.3, -0.25) is 19.3 Å². The van der Waals surface area contributed by atoms with Crippen LogP contribution in [0.1, 0.15) is 26.5 Å². The number of nitrogens with one attached hydrogen (secondary N) is 2. The first-order chi connectivity index (χ1) is 16.1. The van der Waals surface area contributed by atoms with Crippen LogP contribution in [0.5, 0.6) is 0 Å². The largest absolute Gasteiger partial charge is 0.455 e. The van der Waals surface area contributed by atoms with E-state index < -0.39 is 34.8 Å². The maximum atomic E-state index is 13.0. The van der Waals surface area contributed by atoms with Crippen LogP contribution in [0.2, 0.25) is 0 Å². The number of methoxy groups -OCH3 is 1. The number of anilines is 1. The van der Waals surface area contributed by atoms with Crippen molar-refractivity contribution in [3.8, 4) is 0 Å². The molecule has 0 radical (unpaired) electrons. The van der Waals surface area contributed by atoms with Crippen molar-refractivity contribution in [1.29, 1.82) is 0 Å². The Bertz CT molecular complexity index is 1050. The van der Waals surface area contributed by atoms with Gasteiger partial charge in [-0.1, -0.05) is 5.16 Å². The summed E-state index contributed by atoms with van der Waals surface area (Å²) < 4.78 is 10.7. The number of hydrogen-bond acceptors (Lipinski definition) is 11. The lowest BCUT2D eigenvalue weighted by atomic mass is 10.0. The minimum absolute atomic E-state index is 0.144. The van der Waals surface area contributed by atoms with Gasteiger partial charge >= 0.3 is 5.97 Å². The molecule has 2 aliphatic rings. The van der Waals surface area contributed by atoms with Gasteiger partial charge in [-0.2, -0.15) is 0 Å². The lowest BCUT2D eigenvalue weighted by Gasteiger charge is -2.49. The maximum Gasteiger partial charge on any atom is 0.355 e. The number of carbonyl (C=O) groups excluding carboxylic acids is 4. The highest BCUT2D eigenvalue weighted by atomic mass is 32.2. The average molecular weight is 512 g/mol. The molecule has 0 aromatic carbocycles. The van der Waals surface area contributed by atoms with E-state index in [1.807, 2.05) is 0 Å². The molecule has 2 atom stereocenters. The second-order valence-electron chi connectivity index (χ2n) is 8.17. The predicted molar refractivity (Wildman–Crippen MR) is 125 cm³/mol. The SMILES string of the molecule is COCC1=C(C(=O)OC(C)(C)C)N2C(=O)C(NC(=O)C(=NOC)c3csc(NC=O)n3)[C@@H]2SC1. The second kappa shape index (κ2) is 10.5. The van der Waals surface area contributed by atoms with E-state index in [0.717, 1.165) is 11.3 Å². The van der Waals surface area contributed by atoms with Crippen LogP contribution >= 0.6 is 23.1 Å². The molecule has 184 valence electrons. The van der Waals surface area contributed by atoms with Gasteiger partial charge in [0.25, 0.3) is 11.8 Å². The molecule has 3 rings (SSSR count). The molecule has 2 aliphatic heterocycles. The van der Waals surface area contributed by atoms with Crippen molar-refractivity contribution in [1.82, 2.24) is 15.2 Å². The van der Waals surface area contributed by atoms with Crippen LogP contribution in [0.15, 0.2) is 21.8 Å². The van der Waals surface area contributed by atoms with Gasteiger partial charge in [0.1, 0.15) is 35.5 Å². The second-order valence-corrected chi connectivity index (χ2v) is 10.1. The summed E-state index contributed by atoms with van der Waals surface area (Å²) in [5, 5.41) is 10.1. The number of fused-ring (bicyclic) bond motifs is 1. The number of oxime groups is 1. The maximum absolute atomic E-state index is 13.0. The summed E-state index contributed by atoms with van der Waals surface area (Å²) in [4.78, 5) is 59.7. The molecule has 34 heavy (non-hydrogen) atoms. The first-order valence-corrected chi connectivity index (χ1v) is 12.0. The summed E-state index contributed by atoms with van der Waals surface area (Å²) in [7, 11) is 2.77. The molecular formula is C20H25N5O7S2. The monoisotopic (exact) mass is 511 g/mol. The van der Waals surface area contributed by atoms with E-state index in [4.69, 9.17) is 14.3 Å². The molecule has 1 aromatic rings. The third kappa shape index (κ3) is 5.39. The van der Waals surface area contributed by atoms with E-state index in [9.17, 15) is 19.2 Å². The quantitative estimate of drug-likeness (QED) is 0.161. The number of hydrogen-bond donors (Lipinski definition) is 2. The fourth-order valence-electron chi connectivity index (χ4n) is 3.29. The van der Waals surface area contributed by atoms with Crippen LogP contribution < -0.4 is 10.6 Å². The van der Waals surface area contributed by atoms with Gasteiger partial charge in [0, 0.05) is 18.2 Å². The molecular weight excluding hydrogens is 486 g/mol. The Morgan fingerprint density at radius 3 is 2.71 bits per heavy atom. The van der Waals surface area contributed by atoms with Gasteiger partial charge in [0.05, 0.1) is 6.61 Å². The zero-order valence-electron chi connectivity index (χ0n) is 19.2. The number of rotatable bonds is 9. The first-order valence-electron chi connectivity index (χ1n) is 10.1. The van der Waals surface area contributed by atoms with E-state index in [1.54, 1.807) is 20.8 Å². The van der Waals surface area contributed by atoms with Crippen LogP contribution in [-0.4, -0.2) is 83.4 Å². The normalized spacial score (nSPS) is 20.3. The third-order valence-corrected chi connectivity index (χ3v) is 6.68. The molecule has 1 saturated heterocycles.